The van der Waals surface area contributed by atoms with Gasteiger partial charge in [-0.3, -0.25) is 9.00 Å². The highest BCUT2D eigenvalue weighted by molar-refractivity contribution is 7.85. The van der Waals surface area contributed by atoms with Gasteiger partial charge < -0.3 is 10.1 Å². The third-order valence-corrected chi connectivity index (χ3v) is 4.60. The number of rotatable bonds is 6. The molecular formula is C16H16ClNO3S. The molecule has 0 unspecified atom stereocenters. The molecule has 2 aromatic rings. The molecule has 6 heteroatoms. The minimum atomic E-state index is -1.13. The smallest absolute Gasteiger partial charge is 0.255 e. The van der Waals surface area contributed by atoms with Crippen molar-refractivity contribution in [1.82, 2.24) is 5.32 Å². The Bertz CT molecular complexity index is 676. The lowest BCUT2D eigenvalue weighted by molar-refractivity contribution is 0.0953. The van der Waals surface area contributed by atoms with Gasteiger partial charge in [-0.15, -0.1) is 0 Å². The number of benzene rings is 2. The summed E-state index contributed by atoms with van der Waals surface area (Å²) in [6.45, 7) is 0.312. The second kappa shape index (κ2) is 7.96. The molecule has 2 aromatic carbocycles. The minimum absolute atomic E-state index is 0.279. The van der Waals surface area contributed by atoms with E-state index in [9.17, 15) is 9.00 Å². The van der Waals surface area contributed by atoms with Gasteiger partial charge in [-0.1, -0.05) is 29.8 Å². The van der Waals surface area contributed by atoms with Gasteiger partial charge in [0.25, 0.3) is 5.91 Å². The highest BCUT2D eigenvalue weighted by Crippen LogP contribution is 2.22. The summed E-state index contributed by atoms with van der Waals surface area (Å²) in [6, 6.07) is 14.0. The van der Waals surface area contributed by atoms with Crippen molar-refractivity contribution in [3.63, 3.8) is 0 Å². The van der Waals surface area contributed by atoms with Crippen LogP contribution >= 0.6 is 11.6 Å². The lowest BCUT2D eigenvalue weighted by Crippen LogP contribution is -2.28. The average molecular weight is 338 g/mol. The highest BCUT2D eigenvalue weighted by atomic mass is 35.5. The number of halogens is 1. The molecule has 0 fully saturated rings. The molecule has 116 valence electrons. The van der Waals surface area contributed by atoms with Crippen LogP contribution in [0.2, 0.25) is 5.02 Å². The molecule has 22 heavy (non-hydrogen) atoms. The van der Waals surface area contributed by atoms with Crippen LogP contribution in [-0.2, 0) is 10.8 Å². The zero-order valence-electron chi connectivity index (χ0n) is 12.0. The van der Waals surface area contributed by atoms with Gasteiger partial charge in [0.2, 0.25) is 0 Å². The predicted octanol–water partition coefficient (Wildman–Crippen LogP) is 2.89. The third-order valence-electron chi connectivity index (χ3n) is 2.99. The fourth-order valence-corrected chi connectivity index (χ4v) is 3.04. The Kier molecular flexibility index (Phi) is 5.98. The molecule has 1 N–H and O–H groups in total. The topological polar surface area (TPSA) is 55.4 Å². The number of carbonyl (C=O) groups excluding carboxylic acids is 1. The molecule has 0 saturated heterocycles. The SMILES string of the molecule is COc1cc(Cl)ccc1C(=O)NCC[S@](=O)c1ccccc1. The van der Waals surface area contributed by atoms with Crippen LogP contribution in [0.4, 0.5) is 0 Å². The van der Waals surface area contributed by atoms with Gasteiger partial charge in [-0.05, 0) is 30.3 Å². The summed E-state index contributed by atoms with van der Waals surface area (Å²) in [5.41, 5.74) is 0.400. The first-order valence-electron chi connectivity index (χ1n) is 6.67. The highest BCUT2D eigenvalue weighted by Gasteiger charge is 2.12. The first-order valence-corrected chi connectivity index (χ1v) is 8.36. The van der Waals surface area contributed by atoms with E-state index in [2.05, 4.69) is 5.32 Å². The summed E-state index contributed by atoms with van der Waals surface area (Å²) in [7, 11) is 0.345. The second-order valence-corrected chi connectivity index (χ2v) is 6.47. The Morgan fingerprint density at radius 1 is 1.23 bits per heavy atom. The number of nitrogens with one attached hydrogen (secondary N) is 1. The summed E-state index contributed by atoms with van der Waals surface area (Å²) >= 11 is 5.86. The summed E-state index contributed by atoms with van der Waals surface area (Å²) < 4.78 is 17.2. The van der Waals surface area contributed by atoms with Crippen molar-refractivity contribution >= 4 is 28.3 Å². The van der Waals surface area contributed by atoms with Gasteiger partial charge in [-0.25, -0.2) is 0 Å². The first-order chi connectivity index (χ1) is 10.6. The maximum absolute atomic E-state index is 12.1. The molecule has 2 rings (SSSR count). The molecule has 4 nitrogen and oxygen atoms in total. The number of hydrogen-bond donors (Lipinski definition) is 1. The van der Waals surface area contributed by atoms with Gasteiger partial charge in [0.1, 0.15) is 5.75 Å². The van der Waals surface area contributed by atoms with Crippen LogP contribution in [0.15, 0.2) is 53.4 Å². The normalized spacial score (nSPS) is 11.7. The zero-order chi connectivity index (χ0) is 15.9. The fraction of sp³-hybridized carbons (Fsp3) is 0.188. The Morgan fingerprint density at radius 2 is 1.95 bits per heavy atom. The number of hydrogen-bond acceptors (Lipinski definition) is 3. The lowest BCUT2D eigenvalue weighted by Gasteiger charge is -2.09. The molecule has 1 atom stereocenters. The van der Waals surface area contributed by atoms with Gasteiger partial charge in [0, 0.05) is 22.2 Å². The summed E-state index contributed by atoms with van der Waals surface area (Å²) in [5.74, 6) is 0.485. The van der Waals surface area contributed by atoms with Crippen LogP contribution in [-0.4, -0.2) is 29.5 Å². The van der Waals surface area contributed by atoms with Crippen LogP contribution in [0, 0.1) is 0 Å². The van der Waals surface area contributed by atoms with E-state index >= 15 is 0 Å². The van der Waals surface area contributed by atoms with Crippen LogP contribution in [0.3, 0.4) is 0 Å². The molecule has 0 bridgehead atoms. The molecular weight excluding hydrogens is 322 g/mol. The second-order valence-electron chi connectivity index (χ2n) is 4.46. The summed E-state index contributed by atoms with van der Waals surface area (Å²) in [6.07, 6.45) is 0. The van der Waals surface area contributed by atoms with E-state index in [1.54, 1.807) is 30.3 Å². The Labute approximate surface area is 136 Å². The molecule has 0 heterocycles. The molecule has 0 aliphatic rings. The van der Waals surface area contributed by atoms with Gasteiger partial charge >= 0.3 is 0 Å². The maximum atomic E-state index is 12.1. The molecule has 0 radical (unpaired) electrons. The monoisotopic (exact) mass is 337 g/mol. The van der Waals surface area contributed by atoms with Crippen LogP contribution in [0.25, 0.3) is 0 Å². The van der Waals surface area contributed by atoms with Crippen molar-refractivity contribution in [1.29, 1.82) is 0 Å². The van der Waals surface area contributed by atoms with Crippen LogP contribution in [0.1, 0.15) is 10.4 Å². The Morgan fingerprint density at radius 3 is 2.64 bits per heavy atom. The van der Waals surface area contributed by atoms with Gasteiger partial charge in [0.15, 0.2) is 0 Å². The van der Waals surface area contributed by atoms with E-state index in [0.29, 0.717) is 28.6 Å². The van der Waals surface area contributed by atoms with Gasteiger partial charge in [-0.2, -0.15) is 0 Å². The predicted molar refractivity (Wildman–Crippen MR) is 88.1 cm³/mol. The van der Waals surface area contributed by atoms with E-state index in [-0.39, 0.29) is 5.91 Å². The standard InChI is InChI=1S/C16H16ClNO3S/c1-21-15-11-12(17)7-8-14(15)16(19)18-9-10-22(20)13-5-3-2-4-6-13/h2-8,11H,9-10H2,1H3,(H,18,19)/t22-/m0/s1. The lowest BCUT2D eigenvalue weighted by atomic mass is 10.2. The third kappa shape index (κ3) is 4.32. The summed E-state index contributed by atoms with van der Waals surface area (Å²) in [5, 5.41) is 3.24. The number of ether oxygens (including phenoxy) is 1. The number of methoxy groups -OCH3 is 1. The molecule has 1 amide bonds. The van der Waals surface area contributed by atoms with Crippen molar-refractivity contribution in [2.45, 2.75) is 4.90 Å². The van der Waals surface area contributed by atoms with Crippen molar-refractivity contribution in [3.05, 3.63) is 59.1 Å². The average Bonchev–Trinajstić information content (AvgIpc) is 2.55. The Balaban J connectivity index is 1.92. The quantitative estimate of drug-likeness (QED) is 0.881. The maximum Gasteiger partial charge on any atom is 0.255 e. The molecule has 0 spiro atoms. The Hall–Kier alpha value is -1.85. The van der Waals surface area contributed by atoms with E-state index in [4.69, 9.17) is 16.3 Å². The largest absolute Gasteiger partial charge is 0.496 e. The van der Waals surface area contributed by atoms with Crippen molar-refractivity contribution in [2.75, 3.05) is 19.4 Å². The van der Waals surface area contributed by atoms with E-state index < -0.39 is 10.8 Å². The first kappa shape index (κ1) is 16.5. The van der Waals surface area contributed by atoms with Crippen LogP contribution < -0.4 is 10.1 Å². The van der Waals surface area contributed by atoms with Crippen molar-refractivity contribution in [2.24, 2.45) is 0 Å². The van der Waals surface area contributed by atoms with Crippen LogP contribution in [0.5, 0.6) is 5.75 Å². The number of carbonyl (C=O) groups is 1. The minimum Gasteiger partial charge on any atom is -0.496 e. The summed E-state index contributed by atoms with van der Waals surface area (Å²) in [4.78, 5) is 12.9. The molecule has 0 aliphatic heterocycles. The van der Waals surface area contributed by atoms with Crippen molar-refractivity contribution < 1.29 is 13.7 Å². The molecule has 0 aromatic heterocycles. The van der Waals surface area contributed by atoms with E-state index in [0.717, 1.165) is 4.90 Å². The van der Waals surface area contributed by atoms with Crippen molar-refractivity contribution in [3.8, 4) is 5.75 Å². The van der Waals surface area contributed by atoms with E-state index in [1.807, 2.05) is 18.2 Å². The molecule has 0 saturated carbocycles. The molecule has 0 aliphatic carbocycles. The zero-order valence-corrected chi connectivity index (χ0v) is 13.6. The number of amides is 1. The van der Waals surface area contributed by atoms with Gasteiger partial charge in [0.05, 0.1) is 23.5 Å². The fourth-order valence-electron chi connectivity index (χ4n) is 1.90. The van der Waals surface area contributed by atoms with E-state index in [1.165, 1.54) is 7.11 Å².